The molecule has 226 valence electrons. The quantitative estimate of drug-likeness (QED) is 0.220. The lowest BCUT2D eigenvalue weighted by molar-refractivity contribution is -0.429. The predicted molar refractivity (Wildman–Crippen MR) is 100 cm³/mol. The second-order valence-corrected chi connectivity index (χ2v) is 8.16. The van der Waals surface area contributed by atoms with Crippen LogP contribution < -0.4 is 0 Å². The van der Waals surface area contributed by atoms with Crippen molar-refractivity contribution in [1.29, 1.82) is 0 Å². The summed E-state index contributed by atoms with van der Waals surface area (Å²) in [7, 11) is 0. The zero-order valence-electron chi connectivity index (χ0n) is 18.7. The molecule has 0 nitrogen and oxygen atoms in total. The highest BCUT2D eigenvalue weighted by Gasteiger charge is 2.90. The summed E-state index contributed by atoms with van der Waals surface area (Å²) in [5, 5.41) is 0. The van der Waals surface area contributed by atoms with Crippen molar-refractivity contribution in [3.63, 3.8) is 0 Å². The van der Waals surface area contributed by atoms with Crippen LogP contribution >= 0.6 is 0 Å². The van der Waals surface area contributed by atoms with Gasteiger partial charge in [0.2, 0.25) is 0 Å². The van der Waals surface area contributed by atoms with Gasteiger partial charge in [0, 0.05) is 11.1 Å². The van der Waals surface area contributed by atoms with Gasteiger partial charge in [0.15, 0.2) is 12.3 Å². The van der Waals surface area contributed by atoms with Crippen molar-refractivity contribution in [2.45, 2.75) is 60.7 Å². The topological polar surface area (TPSA) is 0 Å². The zero-order valence-corrected chi connectivity index (χ0v) is 18.7. The van der Waals surface area contributed by atoms with E-state index in [0.717, 1.165) is 0 Å². The molecule has 18 heteroatoms. The van der Waals surface area contributed by atoms with Crippen LogP contribution in [0.4, 0.5) is 79.0 Å². The van der Waals surface area contributed by atoms with Gasteiger partial charge in [-0.2, -0.15) is 52.7 Å². The molecule has 0 N–H and O–H groups in total. The standard InChI is InChI=1S/C22H12F18/c23-13(15(25)26)9-1-5-11(6-2-9)17(29,30)19(33,34)21(37,38)22(39,40)20(35,36)18(31,32)12-7-3-10(4-8-12)14(24)16(27)28/h1-8,13-16H. The average Bonchev–Trinajstić information content (AvgIpc) is 2.87. The van der Waals surface area contributed by atoms with Gasteiger partial charge >= 0.3 is 35.5 Å². The van der Waals surface area contributed by atoms with Crippen molar-refractivity contribution in [3.8, 4) is 0 Å². The van der Waals surface area contributed by atoms with Gasteiger partial charge in [0.05, 0.1) is 0 Å². The minimum absolute atomic E-state index is 0.0606. The van der Waals surface area contributed by atoms with Crippen LogP contribution in [0.5, 0.6) is 0 Å². The lowest BCUT2D eigenvalue weighted by Gasteiger charge is -2.41. The highest BCUT2D eigenvalue weighted by atomic mass is 19.4. The Balaban J connectivity index is 2.53. The van der Waals surface area contributed by atoms with E-state index in [1.165, 1.54) is 0 Å². The summed E-state index contributed by atoms with van der Waals surface area (Å²) in [4.78, 5) is 0. The molecule has 2 aromatic rings. The molecule has 0 bridgehead atoms. The van der Waals surface area contributed by atoms with Gasteiger partial charge in [-0.3, -0.25) is 0 Å². The van der Waals surface area contributed by atoms with E-state index < -0.39 is 107 Å². The molecule has 0 saturated heterocycles. The van der Waals surface area contributed by atoms with Gasteiger partial charge < -0.3 is 0 Å². The number of hydrogen-bond donors (Lipinski definition) is 0. The Labute approximate surface area is 211 Å². The third-order valence-electron chi connectivity index (χ3n) is 5.60. The molecule has 0 saturated carbocycles. The lowest BCUT2D eigenvalue weighted by atomic mass is 9.86. The molecule has 0 amide bonds. The molecule has 0 heterocycles. The van der Waals surface area contributed by atoms with Crippen molar-refractivity contribution in [3.05, 3.63) is 70.8 Å². The van der Waals surface area contributed by atoms with Crippen LogP contribution in [0.15, 0.2) is 48.5 Å². The van der Waals surface area contributed by atoms with Gasteiger partial charge in [-0.1, -0.05) is 48.5 Å². The molecule has 0 radical (unpaired) electrons. The largest absolute Gasteiger partial charge is 0.385 e. The third-order valence-corrected chi connectivity index (χ3v) is 5.60. The van der Waals surface area contributed by atoms with Crippen LogP contribution in [0, 0.1) is 0 Å². The first-order valence-electron chi connectivity index (χ1n) is 10.2. The molecule has 0 fully saturated rings. The molecule has 0 aliphatic heterocycles. The first-order valence-corrected chi connectivity index (χ1v) is 10.2. The maximum atomic E-state index is 14.3. The van der Waals surface area contributed by atoms with Crippen LogP contribution in [0.3, 0.4) is 0 Å². The fourth-order valence-electron chi connectivity index (χ4n) is 3.19. The third kappa shape index (κ3) is 5.05. The van der Waals surface area contributed by atoms with Gasteiger partial charge in [-0.05, 0) is 11.1 Å². The summed E-state index contributed by atoms with van der Waals surface area (Å²) >= 11 is 0. The second-order valence-electron chi connectivity index (χ2n) is 8.16. The van der Waals surface area contributed by atoms with Crippen LogP contribution in [0.2, 0.25) is 0 Å². The highest BCUT2D eigenvalue weighted by molar-refractivity contribution is 5.33. The van der Waals surface area contributed by atoms with Crippen molar-refractivity contribution in [2.75, 3.05) is 0 Å². The molecule has 2 rings (SSSR count). The Morgan fingerprint density at radius 3 is 0.775 bits per heavy atom. The fraction of sp³-hybridized carbons (Fsp3) is 0.455. The molecule has 2 aromatic carbocycles. The molecule has 0 spiro atoms. The summed E-state index contributed by atoms with van der Waals surface area (Å²) in [5.74, 6) is -44.3. The number of benzene rings is 2. The van der Waals surface area contributed by atoms with Crippen molar-refractivity contribution < 1.29 is 79.0 Å². The van der Waals surface area contributed by atoms with Crippen LogP contribution in [-0.2, 0) is 11.8 Å². The lowest BCUT2D eigenvalue weighted by Crippen LogP contribution is -2.69. The zero-order chi connectivity index (χ0) is 31.3. The van der Waals surface area contributed by atoms with E-state index in [2.05, 4.69) is 0 Å². The van der Waals surface area contributed by atoms with Gasteiger partial charge in [-0.15, -0.1) is 0 Å². The molecular weight excluding hydrogens is 606 g/mol. The molecule has 0 aromatic heterocycles. The van der Waals surface area contributed by atoms with E-state index in [-0.39, 0.29) is 24.3 Å². The Bertz CT molecular complexity index is 1050. The summed E-state index contributed by atoms with van der Waals surface area (Å²) in [6.07, 6.45) is -14.0. The SMILES string of the molecule is FC(F)C(F)c1ccc(C(F)(F)C(F)(F)C(F)(F)C(F)(F)C(F)(F)C(F)(F)c2ccc(C(F)C(F)F)cc2)cc1. The van der Waals surface area contributed by atoms with Crippen molar-refractivity contribution in [1.82, 2.24) is 0 Å². The molecular formula is C22H12F18. The van der Waals surface area contributed by atoms with Gasteiger partial charge in [-0.25, -0.2) is 26.3 Å². The summed E-state index contributed by atoms with van der Waals surface area (Å²) < 4.78 is 247. The smallest absolute Gasteiger partial charge is 0.236 e. The van der Waals surface area contributed by atoms with Gasteiger partial charge in [0.1, 0.15) is 0 Å². The van der Waals surface area contributed by atoms with Crippen LogP contribution in [-0.4, -0.2) is 36.5 Å². The Morgan fingerprint density at radius 2 is 0.575 bits per heavy atom. The molecule has 2 unspecified atom stereocenters. The number of rotatable bonds is 11. The van der Waals surface area contributed by atoms with E-state index in [1.807, 2.05) is 0 Å². The number of halogens is 18. The Kier molecular flexibility index (Phi) is 8.80. The number of alkyl halides is 18. The second kappa shape index (κ2) is 10.5. The normalized spacial score (nSPS) is 16.0. The first kappa shape index (κ1) is 33.4. The average molecular weight is 618 g/mol. The summed E-state index contributed by atoms with van der Waals surface area (Å²) in [6, 6.07) is -1.81. The molecule has 0 aliphatic carbocycles. The predicted octanol–water partition coefficient (Wildman–Crippen LogP) is 9.66. The maximum Gasteiger partial charge on any atom is 0.385 e. The molecule has 2 atom stereocenters. The fourth-order valence-corrected chi connectivity index (χ4v) is 3.19. The van der Waals surface area contributed by atoms with Crippen LogP contribution in [0.25, 0.3) is 0 Å². The Morgan fingerprint density at radius 1 is 0.350 bits per heavy atom. The number of hydrogen-bond acceptors (Lipinski definition) is 0. The molecule has 40 heavy (non-hydrogen) atoms. The van der Waals surface area contributed by atoms with E-state index in [0.29, 0.717) is 0 Å². The van der Waals surface area contributed by atoms with E-state index in [1.54, 1.807) is 0 Å². The van der Waals surface area contributed by atoms with Crippen molar-refractivity contribution in [2.24, 2.45) is 0 Å². The monoisotopic (exact) mass is 618 g/mol. The van der Waals surface area contributed by atoms with Crippen molar-refractivity contribution >= 4 is 0 Å². The summed E-state index contributed by atoms with van der Waals surface area (Å²) in [6.45, 7) is 0. The minimum Gasteiger partial charge on any atom is -0.236 e. The summed E-state index contributed by atoms with van der Waals surface area (Å²) in [5.41, 5.74) is -7.13. The van der Waals surface area contributed by atoms with Gasteiger partial charge in [0.25, 0.3) is 12.9 Å². The maximum absolute atomic E-state index is 14.3. The van der Waals surface area contributed by atoms with E-state index in [9.17, 15) is 79.0 Å². The van der Waals surface area contributed by atoms with Crippen LogP contribution in [0.1, 0.15) is 34.6 Å². The van der Waals surface area contributed by atoms with E-state index in [4.69, 9.17) is 0 Å². The highest BCUT2D eigenvalue weighted by Crippen LogP contribution is 2.63. The molecule has 0 aliphatic rings. The minimum atomic E-state index is -7.99. The first-order chi connectivity index (χ1) is 17.9. The Hall–Kier alpha value is -2.82. The van der Waals surface area contributed by atoms with E-state index >= 15 is 0 Å².